The van der Waals surface area contributed by atoms with Crippen LogP contribution in [0.1, 0.15) is 79.1 Å². The Balaban J connectivity index is 0.000000507. The predicted octanol–water partition coefficient (Wildman–Crippen LogP) is 8.40. The van der Waals surface area contributed by atoms with Gasteiger partial charge in [0.2, 0.25) is 0 Å². The third-order valence-electron chi connectivity index (χ3n) is 6.46. The largest absolute Gasteiger partial charge is 0.490 e. The van der Waals surface area contributed by atoms with Crippen LogP contribution in [0, 0.1) is 0 Å². The molecule has 1 radical (unpaired) electrons. The summed E-state index contributed by atoms with van der Waals surface area (Å²) in [5.74, 6) is -2.76. The van der Waals surface area contributed by atoms with E-state index in [9.17, 15) is 13.2 Å². The van der Waals surface area contributed by atoms with Crippen molar-refractivity contribution in [1.29, 1.82) is 0 Å². The summed E-state index contributed by atoms with van der Waals surface area (Å²) in [6.45, 7) is 10.1. The van der Waals surface area contributed by atoms with E-state index in [4.69, 9.17) is 9.90 Å². The van der Waals surface area contributed by atoms with Gasteiger partial charge < -0.3 is 5.11 Å². The standard InChI is InChI=1S/C14H28P2.C8H12.C2HF3O2.Rh/c1-11-5-6-12(2)15(11)9-10-16-13(3)7-8-14(16)4;1-2-4-6-8-7-5-3-1;3-2(4,5)1(6)7;/h11-14H,5-10H2,1-4H3;1-2,7-8H,3-6H2;(H,6,7);/b;2-1-,8-7-;;/t11-,12-,13-,14-;;;/m0.../s1. The smallest absolute Gasteiger partial charge is 0.475 e. The minimum absolute atomic E-state index is 0. The predicted molar refractivity (Wildman–Crippen MR) is 130 cm³/mol. The molecule has 2 fully saturated rings. The minimum atomic E-state index is -5.08. The Morgan fingerprint density at radius 2 is 0.969 bits per heavy atom. The summed E-state index contributed by atoms with van der Waals surface area (Å²) in [5, 5.41) is 7.12. The molecule has 3 rings (SSSR count). The van der Waals surface area contributed by atoms with Gasteiger partial charge in [-0.15, -0.1) is 15.8 Å². The third kappa shape index (κ3) is 12.6. The topological polar surface area (TPSA) is 37.3 Å². The van der Waals surface area contributed by atoms with Crippen molar-refractivity contribution < 1.29 is 42.6 Å². The fourth-order valence-electron chi connectivity index (χ4n) is 4.47. The normalized spacial score (nSPS) is 30.5. The summed E-state index contributed by atoms with van der Waals surface area (Å²) in [6, 6.07) is 0. The van der Waals surface area contributed by atoms with Crippen molar-refractivity contribution in [1.82, 2.24) is 0 Å². The van der Waals surface area contributed by atoms with Crippen LogP contribution in [0.2, 0.25) is 0 Å². The molecular weight excluding hydrogens is 542 g/mol. The molecule has 0 spiro atoms. The molecule has 0 amide bonds. The molecule has 2 saturated heterocycles. The number of halogens is 3. The number of carboxylic acid groups (broad SMARTS) is 1. The second-order valence-corrected chi connectivity index (χ2v) is 15.4. The van der Waals surface area contributed by atoms with E-state index >= 15 is 0 Å². The summed E-state index contributed by atoms with van der Waals surface area (Å²) >= 11 is 0. The fourth-order valence-corrected chi connectivity index (χ4v) is 11.7. The molecule has 32 heavy (non-hydrogen) atoms. The van der Waals surface area contributed by atoms with Gasteiger partial charge in [0.15, 0.2) is 0 Å². The first-order chi connectivity index (χ1) is 14.5. The van der Waals surface area contributed by atoms with Crippen LogP contribution >= 0.6 is 15.8 Å². The Morgan fingerprint density at radius 3 is 1.16 bits per heavy atom. The Labute approximate surface area is 208 Å². The molecule has 2 aliphatic heterocycles. The number of carboxylic acids is 1. The SMILES string of the molecule is C1=C\CC/C=C\CC/1.C[C@H]1CC[C@H](C)P1CCP1[C@@H](C)CC[C@@H]1C.O=C(O)C(F)(F)F.[Rh]. The summed E-state index contributed by atoms with van der Waals surface area (Å²) in [6.07, 6.45) is 18.2. The second-order valence-electron chi connectivity index (χ2n) is 8.93. The molecule has 0 bridgehead atoms. The zero-order valence-corrected chi connectivity index (χ0v) is 23.3. The van der Waals surface area contributed by atoms with Crippen LogP contribution in [-0.4, -0.2) is 52.2 Å². The van der Waals surface area contributed by atoms with Crippen LogP contribution < -0.4 is 0 Å². The molecule has 4 atom stereocenters. The molecule has 0 aromatic rings. The van der Waals surface area contributed by atoms with Crippen molar-refractivity contribution in [3.05, 3.63) is 24.3 Å². The molecule has 8 heteroatoms. The van der Waals surface area contributed by atoms with E-state index in [0.717, 1.165) is 22.6 Å². The van der Waals surface area contributed by atoms with Gasteiger partial charge in [0.25, 0.3) is 0 Å². The van der Waals surface area contributed by atoms with Crippen LogP contribution in [0.4, 0.5) is 13.2 Å². The van der Waals surface area contributed by atoms with Crippen LogP contribution in [0.5, 0.6) is 0 Å². The van der Waals surface area contributed by atoms with E-state index in [1.807, 2.05) is 0 Å². The molecule has 2 nitrogen and oxygen atoms in total. The molecular formula is C24H41F3O2P2Rh. The summed E-state index contributed by atoms with van der Waals surface area (Å²) < 4.78 is 31.7. The fraction of sp³-hybridized carbons (Fsp3) is 0.792. The van der Waals surface area contributed by atoms with Gasteiger partial charge in [0.05, 0.1) is 0 Å². The van der Waals surface area contributed by atoms with Gasteiger partial charge in [-0.25, -0.2) is 4.79 Å². The number of hydrogen-bond donors (Lipinski definition) is 1. The van der Waals surface area contributed by atoms with Crippen molar-refractivity contribution in [2.24, 2.45) is 0 Å². The first kappa shape index (κ1) is 32.2. The quantitative estimate of drug-likeness (QED) is 0.206. The maximum atomic E-state index is 10.6. The maximum absolute atomic E-state index is 10.6. The van der Waals surface area contributed by atoms with Gasteiger partial charge in [-0.05, 0) is 86.3 Å². The molecule has 3 aliphatic rings. The van der Waals surface area contributed by atoms with E-state index < -0.39 is 12.1 Å². The average Bonchev–Trinajstić information content (AvgIpc) is 3.14. The number of hydrogen-bond acceptors (Lipinski definition) is 1. The monoisotopic (exact) mass is 583 g/mol. The Morgan fingerprint density at radius 1 is 0.750 bits per heavy atom. The van der Waals surface area contributed by atoms with Crippen LogP contribution in [0.3, 0.4) is 0 Å². The van der Waals surface area contributed by atoms with Crippen LogP contribution in [-0.2, 0) is 24.3 Å². The van der Waals surface area contributed by atoms with Crippen molar-refractivity contribution in [2.75, 3.05) is 12.3 Å². The molecule has 189 valence electrons. The van der Waals surface area contributed by atoms with Crippen molar-refractivity contribution >= 4 is 21.8 Å². The Hall–Kier alpha value is 0.223. The van der Waals surface area contributed by atoms with Gasteiger partial charge in [-0.2, -0.15) is 13.2 Å². The first-order valence-electron chi connectivity index (χ1n) is 11.7. The van der Waals surface area contributed by atoms with Gasteiger partial charge in [0.1, 0.15) is 0 Å². The number of aliphatic carboxylic acids is 1. The van der Waals surface area contributed by atoms with Gasteiger partial charge in [-0.3, -0.25) is 0 Å². The molecule has 1 N–H and O–H groups in total. The van der Waals surface area contributed by atoms with E-state index in [0.29, 0.717) is 15.8 Å². The first-order valence-corrected chi connectivity index (χ1v) is 15.0. The van der Waals surface area contributed by atoms with Crippen molar-refractivity contribution in [2.45, 2.75) is 108 Å². The number of carbonyl (C=O) groups is 1. The Kier molecular flexibility index (Phi) is 16.9. The molecule has 2 heterocycles. The van der Waals surface area contributed by atoms with Gasteiger partial charge >= 0.3 is 12.1 Å². The van der Waals surface area contributed by atoms with Crippen molar-refractivity contribution in [3.63, 3.8) is 0 Å². The van der Waals surface area contributed by atoms with Gasteiger partial charge in [-0.1, -0.05) is 52.0 Å². The van der Waals surface area contributed by atoms with Crippen LogP contribution in [0.15, 0.2) is 24.3 Å². The summed E-state index contributed by atoms with van der Waals surface area (Å²) in [4.78, 5) is 8.90. The number of alkyl halides is 3. The summed E-state index contributed by atoms with van der Waals surface area (Å²) in [5.41, 5.74) is 4.31. The van der Waals surface area contributed by atoms with E-state index in [-0.39, 0.29) is 19.5 Å². The van der Waals surface area contributed by atoms with E-state index in [1.165, 1.54) is 51.4 Å². The van der Waals surface area contributed by atoms with E-state index in [1.54, 1.807) is 12.3 Å². The van der Waals surface area contributed by atoms with Gasteiger partial charge in [0, 0.05) is 19.5 Å². The molecule has 0 unspecified atom stereocenters. The van der Waals surface area contributed by atoms with Crippen LogP contribution in [0.25, 0.3) is 0 Å². The number of allylic oxidation sites excluding steroid dienone is 4. The molecule has 0 aromatic carbocycles. The Bertz CT molecular complexity index is 514. The third-order valence-corrected chi connectivity index (χ3v) is 13.9. The summed E-state index contributed by atoms with van der Waals surface area (Å²) in [7, 11) is 0.789. The van der Waals surface area contributed by atoms with Crippen molar-refractivity contribution in [3.8, 4) is 0 Å². The number of rotatable bonds is 3. The molecule has 0 aromatic heterocycles. The molecule has 0 saturated carbocycles. The zero-order chi connectivity index (χ0) is 23.4. The zero-order valence-electron chi connectivity index (χ0n) is 19.9. The maximum Gasteiger partial charge on any atom is 0.490 e. The molecule has 1 aliphatic carbocycles. The second kappa shape index (κ2) is 16.8. The minimum Gasteiger partial charge on any atom is -0.475 e. The average molecular weight is 583 g/mol. The van der Waals surface area contributed by atoms with E-state index in [2.05, 4.69) is 52.0 Å².